The van der Waals surface area contributed by atoms with Gasteiger partial charge in [-0.3, -0.25) is 14.7 Å². The lowest BCUT2D eigenvalue weighted by Crippen LogP contribution is -2.57. The maximum absolute atomic E-state index is 12.7. The number of amides is 1. The lowest BCUT2D eigenvalue weighted by atomic mass is 10.1. The Balaban J connectivity index is 1.56. The van der Waals surface area contributed by atoms with Crippen molar-refractivity contribution in [3.8, 4) is 0 Å². The molecule has 2 unspecified atom stereocenters. The van der Waals surface area contributed by atoms with Gasteiger partial charge < -0.3 is 20.2 Å². The second-order valence-electron chi connectivity index (χ2n) is 7.96. The minimum absolute atomic E-state index is 0.0770. The highest BCUT2D eigenvalue weighted by Crippen LogP contribution is 2.22. The molecule has 2 atom stereocenters. The first-order valence-electron chi connectivity index (χ1n) is 11.0. The molecule has 30 heavy (non-hydrogen) atoms. The number of benzene rings is 1. The molecule has 2 fully saturated rings. The minimum Gasteiger partial charge on any atom is -0.386 e. The summed E-state index contributed by atoms with van der Waals surface area (Å²) in [5.41, 5.74) is 0.692. The van der Waals surface area contributed by atoms with E-state index in [9.17, 15) is 9.90 Å². The van der Waals surface area contributed by atoms with Crippen LogP contribution in [-0.2, 0) is 4.79 Å². The fourth-order valence-electron chi connectivity index (χ4n) is 4.12. The number of piperazine rings is 1. The summed E-state index contributed by atoms with van der Waals surface area (Å²) in [6.07, 6.45) is 1.50. The van der Waals surface area contributed by atoms with Crippen LogP contribution in [0.5, 0.6) is 0 Å². The van der Waals surface area contributed by atoms with Crippen LogP contribution in [0.15, 0.2) is 29.3 Å². The quantitative estimate of drug-likeness (QED) is 0.528. The summed E-state index contributed by atoms with van der Waals surface area (Å²) in [5.74, 6) is 1.05. The Labute approximate surface area is 184 Å². The first-order valence-corrected chi connectivity index (χ1v) is 11.4. The largest absolute Gasteiger partial charge is 0.386 e. The van der Waals surface area contributed by atoms with Gasteiger partial charge in [0.05, 0.1) is 12.6 Å². The first-order chi connectivity index (χ1) is 14.5. The summed E-state index contributed by atoms with van der Waals surface area (Å²) in [7, 11) is 0. The van der Waals surface area contributed by atoms with Crippen molar-refractivity contribution in [1.29, 1.82) is 0 Å². The molecule has 7 nitrogen and oxygen atoms in total. The molecule has 0 saturated carbocycles. The van der Waals surface area contributed by atoms with Gasteiger partial charge in [0.2, 0.25) is 5.91 Å². The van der Waals surface area contributed by atoms with Crippen LogP contribution in [0.25, 0.3) is 0 Å². The van der Waals surface area contributed by atoms with Gasteiger partial charge in [0, 0.05) is 56.4 Å². The Hall–Kier alpha value is -1.83. The molecule has 2 saturated heterocycles. The third-order valence-corrected chi connectivity index (χ3v) is 6.29. The molecule has 1 amide bonds. The Bertz CT molecular complexity index is 730. The van der Waals surface area contributed by atoms with E-state index in [2.05, 4.69) is 20.1 Å². The van der Waals surface area contributed by atoms with Gasteiger partial charge in [-0.2, -0.15) is 0 Å². The number of hydrogen-bond acceptors (Lipinski definition) is 4. The Morgan fingerprint density at radius 1 is 1.13 bits per heavy atom. The van der Waals surface area contributed by atoms with E-state index in [4.69, 9.17) is 11.6 Å². The van der Waals surface area contributed by atoms with Crippen molar-refractivity contribution in [2.45, 2.75) is 38.8 Å². The third-order valence-electron chi connectivity index (χ3n) is 5.95. The monoisotopic (exact) mass is 435 g/mol. The number of carbonyl (C=O) groups excluding carboxylic acids is 1. The van der Waals surface area contributed by atoms with Crippen LogP contribution in [0.1, 0.15) is 38.4 Å². The van der Waals surface area contributed by atoms with Crippen molar-refractivity contribution in [3.63, 3.8) is 0 Å². The van der Waals surface area contributed by atoms with Gasteiger partial charge in [-0.15, -0.1) is 0 Å². The second-order valence-corrected chi connectivity index (χ2v) is 8.37. The first kappa shape index (κ1) is 22.8. The topological polar surface area (TPSA) is 71.4 Å². The second kappa shape index (κ2) is 11.0. The van der Waals surface area contributed by atoms with E-state index in [1.165, 1.54) is 0 Å². The van der Waals surface area contributed by atoms with E-state index < -0.39 is 6.10 Å². The molecule has 1 aromatic rings. The number of guanidine groups is 1. The van der Waals surface area contributed by atoms with Crippen molar-refractivity contribution in [1.82, 2.24) is 20.0 Å². The Morgan fingerprint density at radius 3 is 2.43 bits per heavy atom. The lowest BCUT2D eigenvalue weighted by molar-refractivity contribution is -0.135. The molecule has 2 aliphatic heterocycles. The summed E-state index contributed by atoms with van der Waals surface area (Å²) in [6, 6.07) is 7.24. The van der Waals surface area contributed by atoms with Crippen LogP contribution in [-0.4, -0.2) is 90.1 Å². The SMILES string of the molecule is CCNC(=NCC(O)c1ccccc1Cl)N1CCN(C(C)C(=O)N2CCCC2)CC1. The molecule has 2 N–H and O–H groups in total. The lowest BCUT2D eigenvalue weighted by Gasteiger charge is -2.39. The van der Waals surface area contributed by atoms with Crippen LogP contribution < -0.4 is 5.32 Å². The number of rotatable bonds is 6. The van der Waals surface area contributed by atoms with Gasteiger partial charge in [-0.1, -0.05) is 29.8 Å². The van der Waals surface area contributed by atoms with Gasteiger partial charge in [0.15, 0.2) is 5.96 Å². The number of carbonyl (C=O) groups is 1. The zero-order valence-corrected chi connectivity index (χ0v) is 18.8. The van der Waals surface area contributed by atoms with Gasteiger partial charge in [0.1, 0.15) is 6.10 Å². The number of aliphatic hydroxyl groups excluding tert-OH is 1. The van der Waals surface area contributed by atoms with Gasteiger partial charge in [0.25, 0.3) is 0 Å². The molecule has 0 spiro atoms. The van der Waals surface area contributed by atoms with E-state index in [1.54, 1.807) is 6.07 Å². The number of likely N-dealkylation sites (tertiary alicyclic amines) is 1. The molecule has 0 radical (unpaired) electrons. The molecule has 1 aromatic carbocycles. The van der Waals surface area contributed by atoms with Crippen LogP contribution in [0.2, 0.25) is 5.02 Å². The van der Waals surface area contributed by atoms with E-state index >= 15 is 0 Å². The molecule has 166 valence electrons. The number of aliphatic hydroxyl groups is 1. The van der Waals surface area contributed by atoms with E-state index in [1.807, 2.05) is 36.9 Å². The van der Waals surface area contributed by atoms with Crippen molar-refractivity contribution >= 4 is 23.5 Å². The van der Waals surface area contributed by atoms with Crippen molar-refractivity contribution < 1.29 is 9.90 Å². The summed E-state index contributed by atoms with van der Waals surface area (Å²) >= 11 is 6.19. The number of halogens is 1. The van der Waals surface area contributed by atoms with Crippen molar-refractivity contribution in [2.24, 2.45) is 4.99 Å². The van der Waals surface area contributed by atoms with Crippen LogP contribution >= 0.6 is 11.6 Å². The summed E-state index contributed by atoms with van der Waals surface area (Å²) in [4.78, 5) is 23.8. The average Bonchev–Trinajstić information content (AvgIpc) is 3.31. The van der Waals surface area contributed by atoms with E-state index in [0.717, 1.165) is 64.6 Å². The van der Waals surface area contributed by atoms with Crippen LogP contribution in [0.4, 0.5) is 0 Å². The molecule has 0 bridgehead atoms. The standard InChI is InChI=1S/C22H34ClN5O2/c1-3-24-22(25-16-20(29)18-8-4-5-9-19(18)23)28-14-12-26(13-15-28)17(2)21(30)27-10-6-7-11-27/h4-5,8-9,17,20,29H,3,6-7,10-16H2,1-2H3,(H,24,25). The Kier molecular flexibility index (Phi) is 8.36. The maximum Gasteiger partial charge on any atom is 0.239 e. The molecule has 8 heteroatoms. The van der Waals surface area contributed by atoms with Crippen molar-refractivity contribution in [3.05, 3.63) is 34.9 Å². The number of aliphatic imine (C=N–C) groups is 1. The summed E-state index contributed by atoms with van der Waals surface area (Å²) in [5, 5.41) is 14.4. The molecular formula is C22H34ClN5O2. The summed E-state index contributed by atoms with van der Waals surface area (Å²) < 4.78 is 0. The molecule has 0 aliphatic carbocycles. The van der Waals surface area contributed by atoms with Gasteiger partial charge in [-0.25, -0.2) is 0 Å². The normalized spacial score (nSPS) is 20.3. The molecular weight excluding hydrogens is 402 g/mol. The highest BCUT2D eigenvalue weighted by atomic mass is 35.5. The fraction of sp³-hybridized carbons (Fsp3) is 0.636. The predicted molar refractivity (Wildman–Crippen MR) is 121 cm³/mol. The predicted octanol–water partition coefficient (Wildman–Crippen LogP) is 1.97. The van der Waals surface area contributed by atoms with Crippen molar-refractivity contribution in [2.75, 3.05) is 52.4 Å². The third kappa shape index (κ3) is 5.65. The minimum atomic E-state index is -0.744. The highest BCUT2D eigenvalue weighted by molar-refractivity contribution is 6.31. The zero-order valence-electron chi connectivity index (χ0n) is 18.1. The van der Waals surface area contributed by atoms with E-state index in [0.29, 0.717) is 10.6 Å². The number of hydrogen-bond donors (Lipinski definition) is 2. The maximum atomic E-state index is 12.7. The number of nitrogens with zero attached hydrogens (tertiary/aromatic N) is 4. The van der Waals surface area contributed by atoms with Gasteiger partial charge >= 0.3 is 0 Å². The molecule has 2 aliphatic rings. The number of nitrogens with one attached hydrogen (secondary N) is 1. The molecule has 0 aromatic heterocycles. The average molecular weight is 436 g/mol. The van der Waals surface area contributed by atoms with Crippen LogP contribution in [0.3, 0.4) is 0 Å². The highest BCUT2D eigenvalue weighted by Gasteiger charge is 2.30. The van der Waals surface area contributed by atoms with E-state index in [-0.39, 0.29) is 18.5 Å². The Morgan fingerprint density at radius 2 is 1.80 bits per heavy atom. The molecule has 3 rings (SSSR count). The molecule has 2 heterocycles. The fourth-order valence-corrected chi connectivity index (χ4v) is 4.38. The van der Waals surface area contributed by atoms with Crippen LogP contribution in [0, 0.1) is 0 Å². The summed E-state index contributed by atoms with van der Waals surface area (Å²) in [6.45, 7) is 10.1. The smallest absolute Gasteiger partial charge is 0.239 e. The zero-order chi connectivity index (χ0) is 21.5. The van der Waals surface area contributed by atoms with Gasteiger partial charge in [-0.05, 0) is 32.8 Å².